The van der Waals surface area contributed by atoms with Gasteiger partial charge in [0.25, 0.3) is 0 Å². The normalized spacial score (nSPS) is 13.0. The molecule has 8 heteroatoms. The molecule has 0 heterocycles. The van der Waals surface area contributed by atoms with Crippen LogP contribution in [0.2, 0.25) is 5.02 Å². The van der Waals surface area contributed by atoms with Gasteiger partial charge in [-0.1, -0.05) is 31.9 Å². The van der Waals surface area contributed by atoms with Crippen molar-refractivity contribution in [3.63, 3.8) is 0 Å². The molecule has 3 N–H and O–H groups in total. The fourth-order valence-corrected chi connectivity index (χ4v) is 2.51. The lowest BCUT2D eigenvalue weighted by molar-refractivity contribution is -0.141. The summed E-state index contributed by atoms with van der Waals surface area (Å²) in [6.45, 7) is 4.03. The Morgan fingerprint density at radius 3 is 2.40 bits per heavy atom. The van der Waals surface area contributed by atoms with Gasteiger partial charge in [0.15, 0.2) is 0 Å². The fraction of sp³-hybridized carbons (Fsp3) is 0.529. The van der Waals surface area contributed by atoms with Crippen LogP contribution in [-0.2, 0) is 9.59 Å². The molecule has 0 aromatic heterocycles. The van der Waals surface area contributed by atoms with E-state index in [0.717, 1.165) is 6.42 Å². The summed E-state index contributed by atoms with van der Waals surface area (Å²) in [5.41, 5.74) is 0.436. The van der Waals surface area contributed by atoms with Crippen LogP contribution in [0.25, 0.3) is 0 Å². The maximum absolute atomic E-state index is 12.1. The zero-order chi connectivity index (χ0) is 19.0. The van der Waals surface area contributed by atoms with Crippen molar-refractivity contribution in [1.29, 1.82) is 0 Å². The molecule has 0 aliphatic rings. The van der Waals surface area contributed by atoms with Crippen molar-refractivity contribution in [3.8, 4) is 11.5 Å². The number of amides is 1. The van der Waals surface area contributed by atoms with E-state index in [9.17, 15) is 14.7 Å². The highest BCUT2D eigenvalue weighted by atomic mass is 35.5. The molecule has 0 aliphatic carbocycles. The minimum Gasteiger partial charge on any atom is -0.495 e. The number of benzene rings is 1. The number of aliphatic carboxylic acids is 1. The molecule has 7 nitrogen and oxygen atoms in total. The number of ether oxygens (including phenoxy) is 2. The summed E-state index contributed by atoms with van der Waals surface area (Å²) in [6, 6.07) is 2.45. The molecular weight excluding hydrogens is 348 g/mol. The van der Waals surface area contributed by atoms with Crippen molar-refractivity contribution in [3.05, 3.63) is 17.2 Å². The number of halogens is 1. The highest BCUT2D eigenvalue weighted by molar-refractivity contribution is 6.32. The molecule has 0 aliphatic heterocycles. The van der Waals surface area contributed by atoms with Crippen LogP contribution in [0.5, 0.6) is 11.5 Å². The maximum Gasteiger partial charge on any atom is 0.320 e. The first-order valence-corrected chi connectivity index (χ1v) is 8.39. The lowest BCUT2D eigenvalue weighted by Gasteiger charge is -2.20. The Morgan fingerprint density at radius 1 is 1.24 bits per heavy atom. The number of anilines is 1. The number of hydrogen-bond acceptors (Lipinski definition) is 5. The van der Waals surface area contributed by atoms with E-state index in [1.54, 1.807) is 12.1 Å². The monoisotopic (exact) mass is 372 g/mol. The molecule has 1 aromatic rings. The van der Waals surface area contributed by atoms with Crippen LogP contribution < -0.4 is 20.1 Å². The summed E-state index contributed by atoms with van der Waals surface area (Å²) in [7, 11) is 2.95. The quantitative estimate of drug-likeness (QED) is 0.584. The molecule has 0 bridgehead atoms. The van der Waals surface area contributed by atoms with Crippen molar-refractivity contribution >= 4 is 29.2 Å². The first-order valence-electron chi connectivity index (χ1n) is 8.01. The number of methoxy groups -OCH3 is 2. The Bertz CT molecular complexity index is 609. The van der Waals surface area contributed by atoms with Crippen molar-refractivity contribution in [2.24, 2.45) is 5.92 Å². The van der Waals surface area contributed by atoms with Crippen molar-refractivity contribution in [2.75, 3.05) is 26.1 Å². The maximum atomic E-state index is 12.1. The number of carbonyl (C=O) groups is 2. The largest absolute Gasteiger partial charge is 0.495 e. The van der Waals surface area contributed by atoms with E-state index >= 15 is 0 Å². The van der Waals surface area contributed by atoms with Crippen LogP contribution in [0.4, 0.5) is 5.69 Å². The summed E-state index contributed by atoms with van der Waals surface area (Å²) in [5.74, 6) is -0.391. The lowest BCUT2D eigenvalue weighted by atomic mass is 9.99. The summed E-state index contributed by atoms with van der Waals surface area (Å²) in [4.78, 5) is 23.4. The van der Waals surface area contributed by atoms with Crippen LogP contribution in [0.1, 0.15) is 26.7 Å². The van der Waals surface area contributed by atoms with Crippen LogP contribution in [0.15, 0.2) is 12.1 Å². The summed E-state index contributed by atoms with van der Waals surface area (Å²) in [5, 5.41) is 15.2. The van der Waals surface area contributed by atoms with E-state index in [1.807, 2.05) is 13.8 Å². The van der Waals surface area contributed by atoms with Crippen molar-refractivity contribution in [1.82, 2.24) is 5.32 Å². The molecule has 0 saturated heterocycles. The van der Waals surface area contributed by atoms with Gasteiger partial charge in [0.05, 0.1) is 24.9 Å². The molecule has 25 heavy (non-hydrogen) atoms. The zero-order valence-electron chi connectivity index (χ0n) is 14.9. The Balaban J connectivity index is 2.67. The second-order valence-electron chi connectivity index (χ2n) is 5.64. The SMILES string of the molecule is CC[C@H](C)[C@H](NCCC(=O)Nc1cc(OC)c(Cl)cc1OC)C(=O)O. The Hall–Kier alpha value is -1.99. The van der Waals surface area contributed by atoms with Gasteiger partial charge in [-0.05, 0) is 5.92 Å². The molecule has 140 valence electrons. The lowest BCUT2D eigenvalue weighted by Crippen LogP contribution is -2.42. The number of rotatable bonds is 10. The summed E-state index contributed by atoms with van der Waals surface area (Å²) >= 11 is 6.02. The number of nitrogens with one attached hydrogen (secondary N) is 2. The average molecular weight is 373 g/mol. The van der Waals surface area contributed by atoms with Crippen molar-refractivity contribution in [2.45, 2.75) is 32.7 Å². The predicted octanol–water partition coefficient (Wildman–Crippen LogP) is 2.77. The number of carbonyl (C=O) groups excluding carboxylic acids is 1. The Kier molecular flexibility index (Phi) is 8.51. The summed E-state index contributed by atoms with van der Waals surface area (Å²) < 4.78 is 10.3. The molecular formula is C17H25ClN2O5. The second kappa shape index (κ2) is 10.1. The van der Waals surface area contributed by atoms with Gasteiger partial charge >= 0.3 is 5.97 Å². The molecule has 1 rings (SSSR count). The smallest absolute Gasteiger partial charge is 0.320 e. The van der Waals surface area contributed by atoms with E-state index in [1.165, 1.54) is 14.2 Å². The highest BCUT2D eigenvalue weighted by Gasteiger charge is 2.22. The molecule has 0 spiro atoms. The van der Waals surface area contributed by atoms with Gasteiger partial charge in [-0.2, -0.15) is 0 Å². The topological polar surface area (TPSA) is 96.9 Å². The van der Waals surface area contributed by atoms with E-state index < -0.39 is 12.0 Å². The van der Waals surface area contributed by atoms with E-state index in [4.69, 9.17) is 21.1 Å². The van der Waals surface area contributed by atoms with Crippen LogP contribution in [-0.4, -0.2) is 43.8 Å². The second-order valence-corrected chi connectivity index (χ2v) is 6.05. The Labute approximate surface area is 152 Å². The third-order valence-electron chi connectivity index (χ3n) is 3.94. The third-order valence-corrected chi connectivity index (χ3v) is 4.24. The van der Waals surface area contributed by atoms with Gasteiger partial charge in [-0.15, -0.1) is 0 Å². The van der Waals surface area contributed by atoms with Crippen LogP contribution >= 0.6 is 11.6 Å². The molecule has 0 saturated carbocycles. The minimum atomic E-state index is -0.918. The highest BCUT2D eigenvalue weighted by Crippen LogP contribution is 2.35. The minimum absolute atomic E-state index is 0.0267. The standard InChI is InChI=1S/C17H25ClN2O5/c1-5-10(2)16(17(22)23)19-7-6-15(21)20-12-9-13(24-3)11(18)8-14(12)25-4/h8-10,16,19H,5-7H2,1-4H3,(H,20,21)(H,22,23)/t10-,16-/m0/s1. The van der Waals surface area contributed by atoms with Gasteiger partial charge in [0.2, 0.25) is 5.91 Å². The number of carboxylic acid groups (broad SMARTS) is 1. The van der Waals surface area contributed by atoms with Gasteiger partial charge < -0.3 is 25.2 Å². The van der Waals surface area contributed by atoms with Gasteiger partial charge in [0.1, 0.15) is 17.5 Å². The molecule has 0 radical (unpaired) electrons. The molecule has 1 amide bonds. The first-order chi connectivity index (χ1) is 11.8. The fourth-order valence-electron chi connectivity index (χ4n) is 2.28. The number of hydrogen-bond donors (Lipinski definition) is 3. The number of carboxylic acids is 1. The summed E-state index contributed by atoms with van der Waals surface area (Å²) in [6.07, 6.45) is 0.853. The zero-order valence-corrected chi connectivity index (χ0v) is 15.6. The predicted molar refractivity (Wildman–Crippen MR) is 96.7 cm³/mol. The van der Waals surface area contributed by atoms with Gasteiger partial charge in [0, 0.05) is 25.1 Å². The van der Waals surface area contributed by atoms with Crippen molar-refractivity contribution < 1.29 is 24.2 Å². The van der Waals surface area contributed by atoms with E-state index in [-0.39, 0.29) is 24.8 Å². The molecule has 0 fully saturated rings. The molecule has 0 unspecified atom stereocenters. The average Bonchev–Trinajstić information content (AvgIpc) is 2.58. The Morgan fingerprint density at radius 2 is 1.88 bits per heavy atom. The van der Waals surface area contributed by atoms with Crippen LogP contribution in [0, 0.1) is 5.92 Å². The van der Waals surface area contributed by atoms with E-state index in [0.29, 0.717) is 22.2 Å². The molecule has 1 aromatic carbocycles. The van der Waals surface area contributed by atoms with Crippen LogP contribution in [0.3, 0.4) is 0 Å². The van der Waals surface area contributed by atoms with E-state index in [2.05, 4.69) is 10.6 Å². The first kappa shape index (κ1) is 21.1. The van der Waals surface area contributed by atoms with Gasteiger partial charge in [-0.25, -0.2) is 0 Å². The van der Waals surface area contributed by atoms with Gasteiger partial charge in [-0.3, -0.25) is 9.59 Å². The third kappa shape index (κ3) is 6.10. The molecule has 2 atom stereocenters.